The molecule has 1 aromatic heterocycles. The minimum Gasteiger partial charge on any atom is -0.504 e. The Hall–Kier alpha value is -3.52. The number of hydrogen-bond acceptors (Lipinski definition) is 7. The molecule has 1 amide bonds. The molecular weight excluding hydrogens is 390 g/mol. The Morgan fingerprint density at radius 2 is 2.00 bits per heavy atom. The first-order valence-corrected chi connectivity index (χ1v) is 9.66. The van der Waals surface area contributed by atoms with E-state index in [0.717, 1.165) is 16.2 Å². The summed E-state index contributed by atoms with van der Waals surface area (Å²) in [4.78, 5) is 13.7. The van der Waals surface area contributed by atoms with Crippen LogP contribution in [0.1, 0.15) is 22.2 Å². The van der Waals surface area contributed by atoms with E-state index in [1.165, 1.54) is 23.6 Å². The van der Waals surface area contributed by atoms with Crippen molar-refractivity contribution in [2.75, 3.05) is 19.5 Å². The lowest BCUT2D eigenvalue weighted by atomic mass is 10.2. The molecule has 0 aliphatic heterocycles. The van der Waals surface area contributed by atoms with Gasteiger partial charge in [0.25, 0.3) is 5.91 Å². The number of nitrogens with two attached hydrogens (primary N) is 1. The molecule has 1 heterocycles. The summed E-state index contributed by atoms with van der Waals surface area (Å²) in [6.45, 7) is 2.26. The van der Waals surface area contributed by atoms with E-state index in [9.17, 15) is 9.90 Å². The van der Waals surface area contributed by atoms with Crippen molar-refractivity contribution in [2.45, 2.75) is 6.92 Å². The van der Waals surface area contributed by atoms with Crippen molar-refractivity contribution in [3.63, 3.8) is 0 Å². The predicted molar refractivity (Wildman–Crippen MR) is 115 cm³/mol. The van der Waals surface area contributed by atoms with Crippen LogP contribution < -0.4 is 20.6 Å². The number of methoxy groups -OCH3 is 1. The number of anilines is 1. The number of phenolic OH excluding ortho intramolecular Hbond substituents is 1. The lowest BCUT2D eigenvalue weighted by molar-refractivity contribution is 0.0960. The number of ether oxygens (including phenoxy) is 2. The van der Waals surface area contributed by atoms with E-state index < -0.39 is 5.91 Å². The molecule has 0 spiro atoms. The number of hydrogen-bond donors (Lipinski definition) is 3. The zero-order chi connectivity index (χ0) is 20.8. The van der Waals surface area contributed by atoms with Crippen LogP contribution in [0.25, 0.3) is 10.4 Å². The van der Waals surface area contributed by atoms with Gasteiger partial charge in [-0.3, -0.25) is 4.79 Å². The summed E-state index contributed by atoms with van der Waals surface area (Å²) >= 11 is 1.29. The molecule has 0 saturated carbocycles. The zero-order valence-corrected chi connectivity index (χ0v) is 16.8. The van der Waals surface area contributed by atoms with Crippen LogP contribution in [0.2, 0.25) is 0 Å². The van der Waals surface area contributed by atoms with Crippen molar-refractivity contribution in [3.05, 3.63) is 59.0 Å². The predicted octanol–water partition coefficient (Wildman–Crippen LogP) is 3.87. The third-order valence-corrected chi connectivity index (χ3v) is 5.20. The molecule has 0 radical (unpaired) electrons. The zero-order valence-electron chi connectivity index (χ0n) is 16.0. The fraction of sp³-hybridized carbons (Fsp3) is 0.143. The standard InChI is InChI=1S/C21H21N3O4S/c1-3-28-18-10-13(4-9-17(18)25)12-23-24-21(26)20-16(22)11-19(29-20)14-5-7-15(27-2)8-6-14/h4-12,25H,3,22H2,1-2H3,(H,24,26)/b23-12+. The maximum absolute atomic E-state index is 12.4. The molecule has 3 aromatic rings. The number of thiophene rings is 1. The second kappa shape index (κ2) is 9.11. The number of hydrazone groups is 1. The van der Waals surface area contributed by atoms with Gasteiger partial charge in [-0.25, -0.2) is 5.43 Å². The van der Waals surface area contributed by atoms with E-state index in [1.54, 1.807) is 25.3 Å². The van der Waals surface area contributed by atoms with Gasteiger partial charge in [0, 0.05) is 4.88 Å². The molecule has 8 heteroatoms. The molecule has 0 saturated heterocycles. The first-order valence-electron chi connectivity index (χ1n) is 8.84. The fourth-order valence-corrected chi connectivity index (χ4v) is 3.55. The van der Waals surface area contributed by atoms with Gasteiger partial charge in [-0.1, -0.05) is 0 Å². The van der Waals surface area contributed by atoms with Crippen LogP contribution in [0.3, 0.4) is 0 Å². The first kappa shape index (κ1) is 20.2. The van der Waals surface area contributed by atoms with Gasteiger partial charge in [0.05, 0.1) is 25.6 Å². The molecule has 2 aromatic carbocycles. The minimum absolute atomic E-state index is 0.0467. The summed E-state index contributed by atoms with van der Waals surface area (Å²) in [6, 6.07) is 14.1. The molecular formula is C21H21N3O4S. The third-order valence-electron chi connectivity index (χ3n) is 4.00. The molecule has 150 valence electrons. The number of phenols is 1. The van der Waals surface area contributed by atoms with E-state index in [4.69, 9.17) is 15.2 Å². The van der Waals surface area contributed by atoms with Gasteiger partial charge in [0.2, 0.25) is 0 Å². The SMILES string of the molecule is CCOc1cc(/C=N/NC(=O)c2sc(-c3ccc(OC)cc3)cc2N)ccc1O. The normalized spacial score (nSPS) is 10.8. The summed E-state index contributed by atoms with van der Waals surface area (Å²) in [6.07, 6.45) is 1.47. The smallest absolute Gasteiger partial charge is 0.283 e. The van der Waals surface area contributed by atoms with Crippen molar-refractivity contribution in [1.82, 2.24) is 5.43 Å². The number of carbonyl (C=O) groups excluding carboxylic acids is 1. The second-order valence-corrected chi connectivity index (χ2v) is 7.04. The van der Waals surface area contributed by atoms with Crippen LogP contribution >= 0.6 is 11.3 Å². The Bertz CT molecular complexity index is 1030. The average molecular weight is 411 g/mol. The van der Waals surface area contributed by atoms with Gasteiger partial charge < -0.3 is 20.3 Å². The highest BCUT2D eigenvalue weighted by molar-refractivity contribution is 7.18. The summed E-state index contributed by atoms with van der Waals surface area (Å²) in [5.41, 5.74) is 10.5. The van der Waals surface area contributed by atoms with Gasteiger partial charge in [-0.05, 0) is 66.6 Å². The Kier molecular flexibility index (Phi) is 6.36. The lowest BCUT2D eigenvalue weighted by Gasteiger charge is -2.06. The number of rotatable bonds is 7. The monoisotopic (exact) mass is 411 g/mol. The van der Waals surface area contributed by atoms with Gasteiger partial charge in [-0.2, -0.15) is 5.10 Å². The Labute approximate surface area is 172 Å². The van der Waals surface area contributed by atoms with Crippen molar-refractivity contribution < 1.29 is 19.4 Å². The molecule has 7 nitrogen and oxygen atoms in total. The molecule has 3 rings (SSSR count). The number of nitrogens with zero attached hydrogens (tertiary/aromatic N) is 1. The van der Waals surface area contributed by atoms with Gasteiger partial charge >= 0.3 is 0 Å². The summed E-state index contributed by atoms with van der Waals surface area (Å²) in [5.74, 6) is 0.763. The van der Waals surface area contributed by atoms with Gasteiger partial charge in [0.15, 0.2) is 11.5 Å². The van der Waals surface area contributed by atoms with E-state index >= 15 is 0 Å². The van der Waals surface area contributed by atoms with Gasteiger partial charge in [0.1, 0.15) is 10.6 Å². The molecule has 4 N–H and O–H groups in total. The Balaban J connectivity index is 1.70. The molecule has 0 fully saturated rings. The number of nitrogen functional groups attached to an aromatic ring is 1. The van der Waals surface area contributed by atoms with Crippen LogP contribution in [0.4, 0.5) is 5.69 Å². The van der Waals surface area contributed by atoms with Crippen LogP contribution in [0, 0.1) is 0 Å². The fourth-order valence-electron chi connectivity index (χ4n) is 2.58. The van der Waals surface area contributed by atoms with Gasteiger partial charge in [-0.15, -0.1) is 11.3 Å². The van der Waals surface area contributed by atoms with Crippen LogP contribution in [-0.4, -0.2) is 30.9 Å². The van der Waals surface area contributed by atoms with Crippen LogP contribution in [0.15, 0.2) is 53.6 Å². The first-order chi connectivity index (χ1) is 14.0. The Morgan fingerprint density at radius 3 is 2.69 bits per heavy atom. The molecule has 0 aliphatic carbocycles. The average Bonchev–Trinajstić information content (AvgIpc) is 3.12. The van der Waals surface area contributed by atoms with Crippen LogP contribution in [0.5, 0.6) is 17.2 Å². The molecule has 0 bridgehead atoms. The largest absolute Gasteiger partial charge is 0.504 e. The number of benzene rings is 2. The second-order valence-electron chi connectivity index (χ2n) is 5.98. The quantitative estimate of drug-likeness (QED) is 0.404. The van der Waals surface area contributed by atoms with Crippen LogP contribution in [-0.2, 0) is 0 Å². The maximum atomic E-state index is 12.4. The molecule has 0 aliphatic rings. The molecule has 29 heavy (non-hydrogen) atoms. The number of amides is 1. The van der Waals surface area contributed by atoms with E-state index in [-0.39, 0.29) is 5.75 Å². The highest BCUT2D eigenvalue weighted by atomic mass is 32.1. The molecule has 0 unspecified atom stereocenters. The maximum Gasteiger partial charge on any atom is 0.283 e. The highest BCUT2D eigenvalue weighted by Crippen LogP contribution is 2.34. The van der Waals surface area contributed by atoms with Crippen molar-refractivity contribution in [3.8, 4) is 27.7 Å². The van der Waals surface area contributed by atoms with E-state index in [2.05, 4.69) is 10.5 Å². The van der Waals surface area contributed by atoms with Crippen molar-refractivity contribution in [2.24, 2.45) is 5.10 Å². The summed E-state index contributed by atoms with van der Waals surface area (Å²) in [5, 5.41) is 13.7. The van der Waals surface area contributed by atoms with E-state index in [1.807, 2.05) is 31.2 Å². The highest BCUT2D eigenvalue weighted by Gasteiger charge is 2.15. The Morgan fingerprint density at radius 1 is 1.24 bits per heavy atom. The lowest BCUT2D eigenvalue weighted by Crippen LogP contribution is -2.17. The summed E-state index contributed by atoms with van der Waals surface area (Å²) in [7, 11) is 1.61. The third kappa shape index (κ3) is 4.85. The van der Waals surface area contributed by atoms with Crippen molar-refractivity contribution >= 4 is 29.1 Å². The minimum atomic E-state index is -0.396. The van der Waals surface area contributed by atoms with Crippen molar-refractivity contribution in [1.29, 1.82) is 0 Å². The summed E-state index contributed by atoms with van der Waals surface area (Å²) < 4.78 is 10.5. The number of aromatic hydroxyl groups is 1. The van der Waals surface area contributed by atoms with E-state index in [0.29, 0.717) is 28.5 Å². The molecule has 0 atom stereocenters. The number of carbonyl (C=O) groups is 1. The topological polar surface area (TPSA) is 106 Å². The number of nitrogens with one attached hydrogen (secondary N) is 1.